The minimum absolute atomic E-state index is 0.262. The Morgan fingerprint density at radius 2 is 1.57 bits per heavy atom. The molecule has 0 unspecified atom stereocenters. The van der Waals surface area contributed by atoms with Gasteiger partial charge in [-0.05, 0) is 44.3 Å². The van der Waals surface area contributed by atoms with E-state index in [9.17, 15) is 4.79 Å². The van der Waals surface area contributed by atoms with Gasteiger partial charge in [-0.2, -0.15) is 0 Å². The van der Waals surface area contributed by atoms with Crippen molar-refractivity contribution < 1.29 is 18.8 Å². The Morgan fingerprint density at radius 3 is 2.21 bits per heavy atom. The number of nitrogens with zero attached hydrogens (tertiary/aromatic N) is 1. The van der Waals surface area contributed by atoms with Crippen molar-refractivity contribution in [2.75, 3.05) is 7.05 Å². The maximum atomic E-state index is 12.3. The number of carbonyl (C=O) groups is 1. The highest BCUT2D eigenvalue weighted by atomic mass is 16.7. The number of hydrogen-bond acceptors (Lipinski definition) is 4. The monoisotopic (exact) mass is 381 g/mol. The van der Waals surface area contributed by atoms with Crippen molar-refractivity contribution in [3.8, 4) is 0 Å². The van der Waals surface area contributed by atoms with Gasteiger partial charge in [0.25, 0.3) is 0 Å². The predicted molar refractivity (Wildman–Crippen MR) is 110 cm³/mol. The van der Waals surface area contributed by atoms with E-state index in [1.54, 1.807) is 11.9 Å². The Balaban J connectivity index is 1.60. The average molecular weight is 381 g/mol. The second-order valence-electron chi connectivity index (χ2n) is 8.23. The molecule has 0 aliphatic carbocycles. The Hall–Kier alpha value is -2.31. The molecule has 0 atom stereocenters. The second-order valence-corrected chi connectivity index (χ2v) is 8.23. The van der Waals surface area contributed by atoms with E-state index in [-0.39, 0.29) is 23.9 Å². The summed E-state index contributed by atoms with van der Waals surface area (Å²) in [6.07, 6.45) is -0.357. The van der Waals surface area contributed by atoms with E-state index in [1.165, 1.54) is 0 Å². The summed E-state index contributed by atoms with van der Waals surface area (Å²) in [4.78, 5) is 13.8. The summed E-state index contributed by atoms with van der Waals surface area (Å²) in [5.41, 5.74) is 2.14. The molecule has 1 aliphatic rings. The Bertz CT molecular complexity index is 806. The molecule has 0 saturated carbocycles. The molecule has 0 spiro atoms. The molecule has 0 aromatic heterocycles. The van der Waals surface area contributed by atoms with Crippen LogP contribution in [0.15, 0.2) is 54.6 Å². The van der Waals surface area contributed by atoms with E-state index in [1.807, 2.05) is 82.3 Å². The van der Waals surface area contributed by atoms with E-state index in [2.05, 4.69) is 0 Å². The topological polar surface area (TPSA) is 48.0 Å². The molecule has 2 aromatic rings. The number of amides is 1. The smallest absolute Gasteiger partial charge is 0.445 e. The third kappa shape index (κ3) is 4.57. The molecule has 2 aromatic carbocycles. The first-order chi connectivity index (χ1) is 13.2. The number of rotatable bonds is 5. The molecule has 1 amide bonds. The molecule has 0 bridgehead atoms. The molecule has 1 fully saturated rings. The summed E-state index contributed by atoms with van der Waals surface area (Å²) in [6.45, 7) is 8.85. The zero-order valence-electron chi connectivity index (χ0n) is 17.3. The van der Waals surface area contributed by atoms with Gasteiger partial charge in [-0.3, -0.25) is 0 Å². The van der Waals surface area contributed by atoms with Gasteiger partial charge in [-0.15, -0.1) is 0 Å². The highest BCUT2D eigenvalue weighted by molar-refractivity contribution is 6.62. The van der Waals surface area contributed by atoms with Crippen LogP contribution in [0.25, 0.3) is 0 Å². The van der Waals surface area contributed by atoms with Crippen LogP contribution in [0.2, 0.25) is 0 Å². The van der Waals surface area contributed by atoms with Gasteiger partial charge in [0.15, 0.2) is 0 Å². The van der Waals surface area contributed by atoms with Gasteiger partial charge in [-0.1, -0.05) is 54.6 Å². The lowest BCUT2D eigenvalue weighted by Crippen LogP contribution is -2.41. The van der Waals surface area contributed by atoms with Crippen LogP contribution in [0.3, 0.4) is 0 Å². The van der Waals surface area contributed by atoms with Gasteiger partial charge < -0.3 is 18.9 Å². The predicted octanol–water partition coefficient (Wildman–Crippen LogP) is 3.75. The third-order valence-electron chi connectivity index (χ3n) is 5.41. The van der Waals surface area contributed by atoms with Gasteiger partial charge in [0, 0.05) is 13.6 Å². The first kappa shape index (κ1) is 20.4. The molecule has 0 radical (unpaired) electrons. The van der Waals surface area contributed by atoms with E-state index >= 15 is 0 Å². The zero-order valence-corrected chi connectivity index (χ0v) is 17.3. The molecule has 1 aliphatic heterocycles. The van der Waals surface area contributed by atoms with Gasteiger partial charge in [0.05, 0.1) is 11.2 Å². The van der Waals surface area contributed by atoms with Crippen LogP contribution in [0.4, 0.5) is 4.79 Å². The van der Waals surface area contributed by atoms with Crippen LogP contribution in [-0.4, -0.2) is 36.4 Å². The zero-order chi connectivity index (χ0) is 20.4. The van der Waals surface area contributed by atoms with Crippen LogP contribution in [0, 0.1) is 0 Å². The lowest BCUT2D eigenvalue weighted by molar-refractivity contribution is 0.00578. The summed E-state index contributed by atoms with van der Waals surface area (Å²) in [6, 6.07) is 17.6. The fraction of sp³-hybridized carbons (Fsp3) is 0.409. The van der Waals surface area contributed by atoms with Crippen LogP contribution >= 0.6 is 0 Å². The standard InChI is InChI=1S/C22H28BNO4/c1-21(2)22(3,4)28-23(27-21)19-13-9-12-18(14-19)15-24(5)20(25)26-16-17-10-7-6-8-11-17/h6-14H,15-16H2,1-5H3. The van der Waals surface area contributed by atoms with Crippen molar-refractivity contribution in [2.45, 2.75) is 52.0 Å². The van der Waals surface area contributed by atoms with E-state index in [0.717, 1.165) is 16.6 Å². The molecular weight excluding hydrogens is 353 g/mol. The van der Waals surface area contributed by atoms with Crippen LogP contribution in [-0.2, 0) is 27.2 Å². The van der Waals surface area contributed by atoms with Crippen LogP contribution in [0.5, 0.6) is 0 Å². The third-order valence-corrected chi connectivity index (χ3v) is 5.41. The maximum absolute atomic E-state index is 12.3. The fourth-order valence-electron chi connectivity index (χ4n) is 2.99. The fourth-order valence-corrected chi connectivity index (χ4v) is 2.99. The first-order valence-corrected chi connectivity index (χ1v) is 9.54. The molecular formula is C22H28BNO4. The van der Waals surface area contributed by atoms with Crippen molar-refractivity contribution >= 4 is 18.7 Å². The normalized spacial score (nSPS) is 17.4. The number of ether oxygens (including phenoxy) is 1. The number of hydrogen-bond donors (Lipinski definition) is 0. The van der Waals surface area contributed by atoms with Gasteiger partial charge in [-0.25, -0.2) is 4.79 Å². The van der Waals surface area contributed by atoms with Gasteiger partial charge >= 0.3 is 13.2 Å². The van der Waals surface area contributed by atoms with Crippen molar-refractivity contribution in [2.24, 2.45) is 0 Å². The highest BCUT2D eigenvalue weighted by Crippen LogP contribution is 2.36. The van der Waals surface area contributed by atoms with Crippen molar-refractivity contribution in [1.29, 1.82) is 0 Å². The Labute approximate surface area is 167 Å². The molecule has 6 heteroatoms. The summed E-state index contributed by atoms with van der Waals surface area (Å²) in [5.74, 6) is 0. The second kappa shape index (κ2) is 7.98. The summed E-state index contributed by atoms with van der Waals surface area (Å²) < 4.78 is 17.6. The average Bonchev–Trinajstić information content (AvgIpc) is 2.88. The van der Waals surface area contributed by atoms with E-state index in [0.29, 0.717) is 6.54 Å². The van der Waals surface area contributed by atoms with Crippen LogP contribution in [0.1, 0.15) is 38.8 Å². The molecule has 1 heterocycles. The molecule has 28 heavy (non-hydrogen) atoms. The van der Waals surface area contributed by atoms with E-state index in [4.69, 9.17) is 14.0 Å². The minimum atomic E-state index is -0.416. The SMILES string of the molecule is CN(Cc1cccc(B2OC(C)(C)C(C)(C)O2)c1)C(=O)OCc1ccccc1. The summed E-state index contributed by atoms with van der Waals surface area (Å²) in [7, 11) is 1.31. The molecule has 5 nitrogen and oxygen atoms in total. The highest BCUT2D eigenvalue weighted by Gasteiger charge is 2.51. The van der Waals surface area contributed by atoms with Gasteiger partial charge in [0.2, 0.25) is 0 Å². The Morgan fingerprint density at radius 1 is 0.964 bits per heavy atom. The molecule has 3 rings (SSSR count). The lowest BCUT2D eigenvalue weighted by Gasteiger charge is -2.32. The van der Waals surface area contributed by atoms with Crippen LogP contribution < -0.4 is 5.46 Å². The largest absolute Gasteiger partial charge is 0.494 e. The van der Waals surface area contributed by atoms with Crippen molar-refractivity contribution in [3.63, 3.8) is 0 Å². The quantitative estimate of drug-likeness (QED) is 0.741. The number of carbonyl (C=O) groups excluding carboxylic acids is 1. The summed E-state index contributed by atoms with van der Waals surface area (Å²) >= 11 is 0. The molecule has 0 N–H and O–H groups in total. The molecule has 148 valence electrons. The molecule has 1 saturated heterocycles. The first-order valence-electron chi connectivity index (χ1n) is 9.54. The number of benzene rings is 2. The van der Waals surface area contributed by atoms with Crippen molar-refractivity contribution in [3.05, 3.63) is 65.7 Å². The van der Waals surface area contributed by atoms with E-state index < -0.39 is 7.12 Å². The van der Waals surface area contributed by atoms with Crippen molar-refractivity contribution in [1.82, 2.24) is 4.90 Å². The maximum Gasteiger partial charge on any atom is 0.494 e. The lowest BCUT2D eigenvalue weighted by atomic mass is 9.78. The minimum Gasteiger partial charge on any atom is -0.445 e. The van der Waals surface area contributed by atoms with Gasteiger partial charge in [0.1, 0.15) is 6.61 Å². The Kier molecular flexibility index (Phi) is 5.82. The summed E-state index contributed by atoms with van der Waals surface area (Å²) in [5, 5.41) is 0.